The number of aryl methyl sites for hydroxylation is 1. The van der Waals surface area contributed by atoms with Crippen molar-refractivity contribution in [3.05, 3.63) is 28.6 Å². The van der Waals surface area contributed by atoms with Crippen molar-refractivity contribution < 1.29 is 19.1 Å². The molecule has 0 radical (unpaired) electrons. The molecule has 0 saturated heterocycles. The first-order valence-electron chi connectivity index (χ1n) is 5.22. The van der Waals surface area contributed by atoms with Crippen LogP contribution < -0.4 is 0 Å². The first-order chi connectivity index (χ1) is 8.06. The van der Waals surface area contributed by atoms with E-state index < -0.39 is 17.5 Å². The number of Topliss-reactive ketones (excluding diaryl/α,β-unsaturated/α-hetero) is 1. The van der Waals surface area contributed by atoms with E-state index in [1.807, 2.05) is 0 Å². The van der Waals surface area contributed by atoms with Gasteiger partial charge < -0.3 is 9.72 Å². The highest BCUT2D eigenvalue weighted by atomic mass is 16.5. The Hall–Kier alpha value is -2.17. The topological polar surface area (TPSA) is 76.2 Å². The Balaban J connectivity index is 2.59. The standard InChI is InChI=1S/C12H11NO4/c1-3-17-12(16)9-6(2)13-7-4-5-8(14)11(15)10(7)9/h4-5,13H,3H2,1-2H3. The maximum atomic E-state index is 11.7. The molecule has 0 fully saturated rings. The van der Waals surface area contributed by atoms with Gasteiger partial charge >= 0.3 is 5.97 Å². The largest absolute Gasteiger partial charge is 0.462 e. The van der Waals surface area contributed by atoms with Gasteiger partial charge in [0.15, 0.2) is 0 Å². The molecule has 1 aliphatic rings. The van der Waals surface area contributed by atoms with Gasteiger partial charge in [0, 0.05) is 5.69 Å². The van der Waals surface area contributed by atoms with E-state index in [1.165, 1.54) is 12.2 Å². The number of esters is 1. The molecule has 1 N–H and O–H groups in total. The summed E-state index contributed by atoms with van der Waals surface area (Å²) < 4.78 is 4.87. The van der Waals surface area contributed by atoms with E-state index in [2.05, 4.69) is 4.98 Å². The van der Waals surface area contributed by atoms with Crippen LogP contribution in [0.25, 0.3) is 6.08 Å². The lowest BCUT2D eigenvalue weighted by atomic mass is 9.97. The van der Waals surface area contributed by atoms with Gasteiger partial charge in [0.25, 0.3) is 0 Å². The third-order valence-electron chi connectivity index (χ3n) is 2.55. The first-order valence-corrected chi connectivity index (χ1v) is 5.22. The highest BCUT2D eigenvalue weighted by Crippen LogP contribution is 2.24. The van der Waals surface area contributed by atoms with Gasteiger partial charge in [-0.1, -0.05) is 0 Å². The Kier molecular flexibility index (Phi) is 2.67. The molecule has 2 rings (SSSR count). The summed E-state index contributed by atoms with van der Waals surface area (Å²) in [5, 5.41) is 0. The van der Waals surface area contributed by atoms with E-state index in [9.17, 15) is 14.4 Å². The van der Waals surface area contributed by atoms with Crippen LogP contribution in [0.5, 0.6) is 0 Å². The van der Waals surface area contributed by atoms with E-state index >= 15 is 0 Å². The second-order valence-electron chi connectivity index (χ2n) is 3.66. The molecule has 0 atom stereocenters. The van der Waals surface area contributed by atoms with Crippen LogP contribution >= 0.6 is 0 Å². The lowest BCUT2D eigenvalue weighted by Gasteiger charge is -2.06. The molecule has 1 aliphatic carbocycles. The van der Waals surface area contributed by atoms with Crippen LogP contribution in [-0.2, 0) is 9.53 Å². The summed E-state index contributed by atoms with van der Waals surface area (Å²) in [6.45, 7) is 3.56. The number of nitrogens with one attached hydrogen (secondary N) is 1. The number of carbonyl (C=O) groups is 3. The van der Waals surface area contributed by atoms with Gasteiger partial charge in [0.2, 0.25) is 11.6 Å². The minimum absolute atomic E-state index is 0.119. The number of rotatable bonds is 2. The average Bonchev–Trinajstić information content (AvgIpc) is 2.61. The predicted molar refractivity (Wildman–Crippen MR) is 59.9 cm³/mol. The zero-order valence-electron chi connectivity index (χ0n) is 9.49. The number of ketones is 2. The third-order valence-corrected chi connectivity index (χ3v) is 2.55. The minimum Gasteiger partial charge on any atom is -0.462 e. The Morgan fingerprint density at radius 2 is 2.06 bits per heavy atom. The number of H-pyrrole nitrogens is 1. The maximum absolute atomic E-state index is 11.7. The minimum atomic E-state index is -0.671. The number of allylic oxidation sites excluding steroid dienone is 1. The van der Waals surface area contributed by atoms with Crippen molar-refractivity contribution in [2.75, 3.05) is 6.61 Å². The molecule has 0 aliphatic heterocycles. The van der Waals surface area contributed by atoms with Crippen LogP contribution in [0.3, 0.4) is 0 Å². The molecule has 1 aromatic rings. The van der Waals surface area contributed by atoms with Crippen molar-refractivity contribution >= 4 is 23.6 Å². The van der Waals surface area contributed by atoms with Crippen molar-refractivity contribution in [2.45, 2.75) is 13.8 Å². The van der Waals surface area contributed by atoms with Crippen molar-refractivity contribution in [2.24, 2.45) is 0 Å². The first kappa shape index (κ1) is 11.3. The molecule has 1 aromatic heterocycles. The number of hydrogen-bond donors (Lipinski definition) is 1. The Bertz CT molecular complexity index is 551. The van der Waals surface area contributed by atoms with Gasteiger partial charge in [-0.3, -0.25) is 9.59 Å². The van der Waals surface area contributed by atoms with E-state index in [0.717, 1.165) is 0 Å². The number of ether oxygens (including phenoxy) is 1. The highest BCUT2D eigenvalue weighted by molar-refractivity contribution is 6.50. The molecule has 5 heteroatoms. The maximum Gasteiger partial charge on any atom is 0.340 e. The lowest BCUT2D eigenvalue weighted by molar-refractivity contribution is -0.110. The third kappa shape index (κ3) is 1.69. The monoisotopic (exact) mass is 233 g/mol. The quantitative estimate of drug-likeness (QED) is 0.616. The van der Waals surface area contributed by atoms with Crippen molar-refractivity contribution in [1.82, 2.24) is 4.98 Å². The highest BCUT2D eigenvalue weighted by Gasteiger charge is 2.31. The number of fused-ring (bicyclic) bond motifs is 1. The van der Waals surface area contributed by atoms with Crippen LogP contribution in [0.1, 0.15) is 39.0 Å². The smallest absolute Gasteiger partial charge is 0.340 e. The molecular weight excluding hydrogens is 222 g/mol. The number of aromatic nitrogens is 1. The molecule has 5 nitrogen and oxygen atoms in total. The van der Waals surface area contributed by atoms with Crippen LogP contribution in [0, 0.1) is 6.92 Å². The van der Waals surface area contributed by atoms with Gasteiger partial charge in [-0.05, 0) is 26.0 Å². The summed E-state index contributed by atoms with van der Waals surface area (Å²) in [7, 11) is 0. The van der Waals surface area contributed by atoms with Gasteiger partial charge in [-0.15, -0.1) is 0 Å². The molecule has 88 valence electrons. The number of carbonyl (C=O) groups excluding carboxylic acids is 3. The van der Waals surface area contributed by atoms with E-state index in [0.29, 0.717) is 11.4 Å². The molecule has 0 bridgehead atoms. The molecular formula is C12H11NO4. The molecule has 0 aromatic carbocycles. The SMILES string of the molecule is CCOC(=O)c1c(C)[nH]c2c1C(=O)C(=O)C=C2. The predicted octanol–water partition coefficient (Wildman–Crippen LogP) is 1.28. The van der Waals surface area contributed by atoms with Crippen molar-refractivity contribution in [1.29, 1.82) is 0 Å². The van der Waals surface area contributed by atoms with Crippen LogP contribution in [0.15, 0.2) is 6.08 Å². The molecule has 0 saturated carbocycles. The summed E-state index contributed by atoms with van der Waals surface area (Å²) in [5.74, 6) is -1.88. The summed E-state index contributed by atoms with van der Waals surface area (Å²) in [5.41, 5.74) is 1.29. The van der Waals surface area contributed by atoms with E-state index in [-0.39, 0.29) is 17.7 Å². The Morgan fingerprint density at radius 1 is 1.35 bits per heavy atom. The van der Waals surface area contributed by atoms with Crippen LogP contribution in [0.2, 0.25) is 0 Å². The lowest BCUT2D eigenvalue weighted by Crippen LogP contribution is -2.19. The van der Waals surface area contributed by atoms with Gasteiger partial charge in [0.05, 0.1) is 23.4 Å². The summed E-state index contributed by atoms with van der Waals surface area (Å²) in [6, 6.07) is 0. The summed E-state index contributed by atoms with van der Waals surface area (Å²) in [6.07, 6.45) is 2.68. The molecule has 1 heterocycles. The summed E-state index contributed by atoms with van der Waals surface area (Å²) in [4.78, 5) is 37.6. The van der Waals surface area contributed by atoms with Gasteiger partial charge in [0.1, 0.15) is 0 Å². The number of aromatic amines is 1. The van der Waals surface area contributed by atoms with Crippen molar-refractivity contribution in [3.63, 3.8) is 0 Å². The molecule has 17 heavy (non-hydrogen) atoms. The zero-order valence-corrected chi connectivity index (χ0v) is 9.49. The fourth-order valence-electron chi connectivity index (χ4n) is 1.83. The van der Waals surface area contributed by atoms with Crippen LogP contribution in [0.4, 0.5) is 0 Å². The normalized spacial score (nSPS) is 13.8. The van der Waals surface area contributed by atoms with Crippen LogP contribution in [-0.4, -0.2) is 29.1 Å². The average molecular weight is 233 g/mol. The fraction of sp³-hybridized carbons (Fsp3) is 0.250. The van der Waals surface area contributed by atoms with Gasteiger partial charge in [-0.2, -0.15) is 0 Å². The van der Waals surface area contributed by atoms with E-state index in [1.54, 1.807) is 13.8 Å². The fourth-order valence-corrected chi connectivity index (χ4v) is 1.83. The summed E-state index contributed by atoms with van der Waals surface area (Å²) >= 11 is 0. The van der Waals surface area contributed by atoms with Gasteiger partial charge in [-0.25, -0.2) is 4.79 Å². The zero-order chi connectivity index (χ0) is 12.6. The number of hydrogen-bond acceptors (Lipinski definition) is 4. The second kappa shape index (κ2) is 4.01. The second-order valence-corrected chi connectivity index (χ2v) is 3.66. The Labute approximate surface area is 97.5 Å². The van der Waals surface area contributed by atoms with E-state index in [4.69, 9.17) is 4.74 Å². The van der Waals surface area contributed by atoms with Crippen molar-refractivity contribution in [3.8, 4) is 0 Å². The Morgan fingerprint density at radius 3 is 2.71 bits per heavy atom. The molecule has 0 unspecified atom stereocenters. The molecule has 0 amide bonds. The molecule has 0 spiro atoms.